The van der Waals surface area contributed by atoms with Gasteiger partial charge in [0.25, 0.3) is 0 Å². The van der Waals surface area contributed by atoms with E-state index >= 15 is 0 Å². The minimum atomic E-state index is 0.389. The maximum Gasteiger partial charge on any atom is 0.00366 e. The highest BCUT2D eigenvalue weighted by Gasteiger charge is 1.99. The first kappa shape index (κ1) is 14.9. The molecular formula is C12H29N3. The quantitative estimate of drug-likeness (QED) is 0.485. The Morgan fingerprint density at radius 3 is 1.60 bits per heavy atom. The first-order valence-electron chi connectivity index (χ1n) is 6.42. The zero-order chi connectivity index (χ0) is 11.5. The molecule has 0 aromatic rings. The maximum atomic E-state index is 5.83. The van der Waals surface area contributed by atoms with Gasteiger partial charge in [-0.1, -0.05) is 13.8 Å². The van der Waals surface area contributed by atoms with Gasteiger partial charge >= 0.3 is 0 Å². The fraction of sp³-hybridized carbons (Fsp3) is 1.00. The summed E-state index contributed by atoms with van der Waals surface area (Å²) in [6.45, 7) is 6.47. The van der Waals surface area contributed by atoms with Crippen LogP contribution in [0.1, 0.15) is 52.4 Å². The van der Waals surface area contributed by atoms with Crippen molar-refractivity contribution in [3.8, 4) is 0 Å². The van der Waals surface area contributed by atoms with Crippen LogP contribution in [0.5, 0.6) is 0 Å². The van der Waals surface area contributed by atoms with Crippen LogP contribution < -0.4 is 16.8 Å². The van der Waals surface area contributed by atoms with Gasteiger partial charge in [0, 0.05) is 12.1 Å². The molecule has 0 aromatic heterocycles. The van der Waals surface area contributed by atoms with E-state index in [4.69, 9.17) is 11.5 Å². The molecule has 0 radical (unpaired) electrons. The summed E-state index contributed by atoms with van der Waals surface area (Å²) in [6, 6.07) is 0.778. The highest BCUT2D eigenvalue weighted by molar-refractivity contribution is 4.61. The molecule has 0 bridgehead atoms. The fourth-order valence-electron chi connectivity index (χ4n) is 1.51. The minimum absolute atomic E-state index is 0.389. The van der Waals surface area contributed by atoms with Crippen molar-refractivity contribution >= 4 is 0 Å². The Balaban J connectivity index is 3.05. The van der Waals surface area contributed by atoms with Gasteiger partial charge in [0.1, 0.15) is 0 Å². The van der Waals surface area contributed by atoms with Crippen molar-refractivity contribution in [2.24, 2.45) is 11.5 Å². The van der Waals surface area contributed by atoms with Crippen LogP contribution in [-0.4, -0.2) is 25.2 Å². The third-order valence-corrected chi connectivity index (χ3v) is 2.91. The summed E-state index contributed by atoms with van der Waals surface area (Å²) in [5.74, 6) is 0. The summed E-state index contributed by atoms with van der Waals surface area (Å²) in [5.41, 5.74) is 11.7. The van der Waals surface area contributed by atoms with Crippen molar-refractivity contribution in [1.82, 2.24) is 5.32 Å². The molecular weight excluding hydrogens is 186 g/mol. The molecule has 0 aliphatic rings. The van der Waals surface area contributed by atoms with Crippen molar-refractivity contribution in [2.75, 3.05) is 13.1 Å². The van der Waals surface area contributed by atoms with Gasteiger partial charge in [-0.05, 0) is 51.6 Å². The van der Waals surface area contributed by atoms with Gasteiger partial charge < -0.3 is 16.8 Å². The van der Waals surface area contributed by atoms with Crippen LogP contribution >= 0.6 is 0 Å². The van der Waals surface area contributed by atoms with E-state index in [1.807, 2.05) is 0 Å². The van der Waals surface area contributed by atoms with Crippen molar-refractivity contribution in [3.05, 3.63) is 0 Å². The van der Waals surface area contributed by atoms with Gasteiger partial charge in [-0.25, -0.2) is 0 Å². The van der Waals surface area contributed by atoms with E-state index in [2.05, 4.69) is 19.2 Å². The van der Waals surface area contributed by atoms with E-state index in [1.165, 1.54) is 12.8 Å². The molecule has 3 nitrogen and oxygen atoms in total. The Kier molecular flexibility index (Phi) is 10.3. The van der Waals surface area contributed by atoms with Crippen LogP contribution in [-0.2, 0) is 0 Å². The lowest BCUT2D eigenvalue weighted by Gasteiger charge is -2.10. The van der Waals surface area contributed by atoms with Gasteiger partial charge in [-0.3, -0.25) is 0 Å². The second-order valence-electron chi connectivity index (χ2n) is 4.37. The molecule has 0 aliphatic carbocycles. The Hall–Kier alpha value is -0.120. The molecule has 0 aliphatic heterocycles. The van der Waals surface area contributed by atoms with Crippen molar-refractivity contribution < 1.29 is 0 Å². The Morgan fingerprint density at radius 2 is 1.27 bits per heavy atom. The summed E-state index contributed by atoms with van der Waals surface area (Å²) in [7, 11) is 0. The summed E-state index contributed by atoms with van der Waals surface area (Å²) >= 11 is 0. The Bertz CT molecular complexity index is 114. The van der Waals surface area contributed by atoms with E-state index in [9.17, 15) is 0 Å². The highest BCUT2D eigenvalue weighted by atomic mass is 14.8. The Morgan fingerprint density at radius 1 is 0.867 bits per heavy atom. The van der Waals surface area contributed by atoms with Crippen LogP contribution in [0.25, 0.3) is 0 Å². The van der Waals surface area contributed by atoms with Crippen LogP contribution in [0.4, 0.5) is 0 Å². The topological polar surface area (TPSA) is 64.1 Å². The van der Waals surface area contributed by atoms with Crippen LogP contribution in [0.2, 0.25) is 0 Å². The monoisotopic (exact) mass is 215 g/mol. The number of nitrogens with one attached hydrogen (secondary N) is 1. The number of hydrogen-bond donors (Lipinski definition) is 3. The van der Waals surface area contributed by atoms with Gasteiger partial charge in [-0.2, -0.15) is 0 Å². The average Bonchev–Trinajstić information content (AvgIpc) is 2.26. The molecule has 92 valence electrons. The smallest absolute Gasteiger partial charge is 0.00366 e. The molecule has 0 aromatic carbocycles. The number of nitrogens with two attached hydrogens (primary N) is 2. The van der Waals surface area contributed by atoms with Gasteiger partial charge in [0.05, 0.1) is 0 Å². The summed E-state index contributed by atoms with van der Waals surface area (Å²) < 4.78 is 0. The molecule has 0 spiro atoms. The molecule has 0 amide bonds. The predicted octanol–water partition coefficient (Wildman–Crippen LogP) is 1.61. The van der Waals surface area contributed by atoms with E-state index in [0.29, 0.717) is 12.1 Å². The molecule has 3 heteroatoms. The number of hydrogen-bond acceptors (Lipinski definition) is 3. The van der Waals surface area contributed by atoms with Crippen molar-refractivity contribution in [1.29, 1.82) is 0 Å². The molecule has 0 heterocycles. The van der Waals surface area contributed by atoms with Crippen LogP contribution in [0.3, 0.4) is 0 Å². The minimum Gasteiger partial charge on any atom is -0.328 e. The van der Waals surface area contributed by atoms with Crippen molar-refractivity contribution in [2.45, 2.75) is 64.5 Å². The molecule has 0 fully saturated rings. The standard InChI is InChI=1S/C12H29N3/c1-3-11(13)7-5-9-15-10-6-8-12(14)4-2/h11-12,15H,3-10,13-14H2,1-2H3. The highest BCUT2D eigenvalue weighted by Crippen LogP contribution is 1.98. The third-order valence-electron chi connectivity index (χ3n) is 2.91. The molecule has 0 saturated heterocycles. The van der Waals surface area contributed by atoms with Gasteiger partial charge in [0.2, 0.25) is 0 Å². The summed E-state index contributed by atoms with van der Waals surface area (Å²) in [6.07, 6.45) is 6.83. The molecule has 15 heavy (non-hydrogen) atoms. The second kappa shape index (κ2) is 10.4. The molecule has 5 N–H and O–H groups in total. The van der Waals surface area contributed by atoms with E-state index < -0.39 is 0 Å². The summed E-state index contributed by atoms with van der Waals surface area (Å²) in [5, 5.41) is 3.43. The maximum absolute atomic E-state index is 5.83. The zero-order valence-corrected chi connectivity index (χ0v) is 10.5. The lowest BCUT2D eigenvalue weighted by molar-refractivity contribution is 0.512. The van der Waals surface area contributed by atoms with Gasteiger partial charge in [0.15, 0.2) is 0 Å². The normalized spacial score (nSPS) is 15.2. The van der Waals surface area contributed by atoms with E-state index in [-0.39, 0.29) is 0 Å². The zero-order valence-electron chi connectivity index (χ0n) is 10.5. The second-order valence-corrected chi connectivity index (χ2v) is 4.37. The molecule has 2 atom stereocenters. The van der Waals surface area contributed by atoms with Crippen LogP contribution in [0.15, 0.2) is 0 Å². The molecule has 2 unspecified atom stereocenters. The first-order chi connectivity index (χ1) is 7.20. The molecule has 0 rings (SSSR count). The third kappa shape index (κ3) is 10.2. The van der Waals surface area contributed by atoms with Crippen LogP contribution in [0, 0.1) is 0 Å². The SMILES string of the molecule is CCC(N)CCCNCCCC(N)CC. The van der Waals surface area contributed by atoms with Gasteiger partial charge in [-0.15, -0.1) is 0 Å². The Labute approximate surface area is 95.0 Å². The fourth-order valence-corrected chi connectivity index (χ4v) is 1.51. The predicted molar refractivity (Wildman–Crippen MR) is 67.9 cm³/mol. The van der Waals surface area contributed by atoms with Crippen molar-refractivity contribution in [3.63, 3.8) is 0 Å². The average molecular weight is 215 g/mol. The van der Waals surface area contributed by atoms with E-state index in [0.717, 1.165) is 38.8 Å². The first-order valence-corrected chi connectivity index (χ1v) is 6.42. The van der Waals surface area contributed by atoms with E-state index in [1.54, 1.807) is 0 Å². The molecule has 0 saturated carbocycles. The largest absolute Gasteiger partial charge is 0.328 e. The lowest BCUT2D eigenvalue weighted by Crippen LogP contribution is -2.24. The number of rotatable bonds is 10. The summed E-state index contributed by atoms with van der Waals surface area (Å²) in [4.78, 5) is 0. The lowest BCUT2D eigenvalue weighted by atomic mass is 10.1.